The van der Waals surface area contributed by atoms with Crippen molar-refractivity contribution in [1.29, 1.82) is 0 Å². The summed E-state index contributed by atoms with van der Waals surface area (Å²) in [4.78, 5) is 12.1. The lowest BCUT2D eigenvalue weighted by Gasteiger charge is -2.23. The van der Waals surface area contributed by atoms with Crippen LogP contribution in [0.25, 0.3) is 5.69 Å². The van der Waals surface area contributed by atoms with Gasteiger partial charge in [0, 0.05) is 24.4 Å². The monoisotopic (exact) mass is 357 g/mol. The van der Waals surface area contributed by atoms with Gasteiger partial charge in [-0.25, -0.2) is 9.48 Å². The molecule has 2 amide bonds. The van der Waals surface area contributed by atoms with Gasteiger partial charge in [0.05, 0.1) is 25.0 Å². The van der Waals surface area contributed by atoms with Gasteiger partial charge in [-0.15, -0.1) is 0 Å². The van der Waals surface area contributed by atoms with E-state index in [9.17, 15) is 4.79 Å². The third kappa shape index (κ3) is 4.76. The number of rotatable bonds is 6. The van der Waals surface area contributed by atoms with E-state index in [1.54, 1.807) is 18.0 Å². The first kappa shape index (κ1) is 18.3. The van der Waals surface area contributed by atoms with Crippen molar-refractivity contribution in [2.24, 2.45) is 5.92 Å². The molecule has 0 saturated carbocycles. The van der Waals surface area contributed by atoms with Gasteiger partial charge in [-0.1, -0.05) is 6.07 Å². The maximum absolute atomic E-state index is 12.1. The molecular formula is C19H27N5O2. The number of hydrogen-bond acceptors (Lipinski definition) is 4. The molecule has 0 aliphatic carbocycles. The van der Waals surface area contributed by atoms with Crippen LogP contribution in [0.15, 0.2) is 36.7 Å². The van der Waals surface area contributed by atoms with Crippen LogP contribution in [0.2, 0.25) is 0 Å². The van der Waals surface area contributed by atoms with Crippen LogP contribution in [-0.2, 0) is 0 Å². The minimum atomic E-state index is -0.134. The number of aromatic nitrogens is 2. The Kier molecular flexibility index (Phi) is 6.12. The third-order valence-electron chi connectivity index (χ3n) is 4.78. The van der Waals surface area contributed by atoms with Crippen LogP contribution in [0.5, 0.6) is 5.75 Å². The summed E-state index contributed by atoms with van der Waals surface area (Å²) in [5.74, 6) is 1.34. The van der Waals surface area contributed by atoms with Crippen molar-refractivity contribution in [3.63, 3.8) is 0 Å². The molecule has 0 bridgehead atoms. The minimum Gasteiger partial charge on any atom is -0.497 e. The summed E-state index contributed by atoms with van der Waals surface area (Å²) >= 11 is 0. The first-order chi connectivity index (χ1) is 12.7. The van der Waals surface area contributed by atoms with Crippen LogP contribution in [0.3, 0.4) is 0 Å². The molecule has 1 unspecified atom stereocenters. The number of piperidine rings is 1. The molecule has 1 saturated heterocycles. The highest BCUT2D eigenvalue weighted by Gasteiger charge is 2.16. The molecule has 1 aromatic heterocycles. The number of carbonyl (C=O) groups is 1. The fourth-order valence-corrected chi connectivity index (χ4v) is 3.11. The van der Waals surface area contributed by atoms with Crippen molar-refractivity contribution in [3.8, 4) is 11.4 Å². The Labute approximate surface area is 154 Å². The fourth-order valence-electron chi connectivity index (χ4n) is 3.11. The van der Waals surface area contributed by atoms with Crippen LogP contribution in [-0.4, -0.2) is 42.6 Å². The van der Waals surface area contributed by atoms with Gasteiger partial charge in [0.2, 0.25) is 0 Å². The highest BCUT2D eigenvalue weighted by molar-refractivity contribution is 5.74. The number of urea groups is 1. The highest BCUT2D eigenvalue weighted by atomic mass is 16.5. The van der Waals surface area contributed by atoms with Crippen LogP contribution in [0, 0.1) is 5.92 Å². The van der Waals surface area contributed by atoms with Gasteiger partial charge < -0.3 is 20.7 Å². The zero-order valence-electron chi connectivity index (χ0n) is 15.4. The first-order valence-electron chi connectivity index (χ1n) is 9.10. The summed E-state index contributed by atoms with van der Waals surface area (Å²) < 4.78 is 7.03. The average molecular weight is 357 g/mol. The Morgan fingerprint density at radius 3 is 3.00 bits per heavy atom. The number of ether oxygens (including phenoxy) is 1. The molecule has 1 fully saturated rings. The number of carbonyl (C=O) groups excluding carboxylic acids is 1. The van der Waals surface area contributed by atoms with Gasteiger partial charge in [0.25, 0.3) is 0 Å². The standard InChI is InChI=1S/C19H27N5O2/c1-14(23-19(25)21-11-15-6-8-20-9-7-15)16-12-22-24(13-16)17-4-3-5-18(10-17)26-2/h3-5,10,12-15,20H,6-9,11H2,1-2H3,(H2,21,23,25). The van der Waals surface area contributed by atoms with Gasteiger partial charge in [-0.05, 0) is 50.9 Å². The second-order valence-electron chi connectivity index (χ2n) is 6.69. The zero-order chi connectivity index (χ0) is 18.4. The van der Waals surface area contributed by atoms with Gasteiger partial charge in [0.1, 0.15) is 5.75 Å². The summed E-state index contributed by atoms with van der Waals surface area (Å²) in [6.45, 7) is 4.75. The quantitative estimate of drug-likeness (QED) is 0.741. The van der Waals surface area contributed by atoms with E-state index in [0.29, 0.717) is 5.92 Å². The lowest BCUT2D eigenvalue weighted by atomic mass is 9.98. The molecule has 0 radical (unpaired) electrons. The van der Waals surface area contributed by atoms with Crippen molar-refractivity contribution < 1.29 is 9.53 Å². The van der Waals surface area contributed by atoms with Crippen molar-refractivity contribution in [2.45, 2.75) is 25.8 Å². The summed E-state index contributed by atoms with van der Waals surface area (Å²) in [6, 6.07) is 7.44. The van der Waals surface area contributed by atoms with Gasteiger partial charge >= 0.3 is 6.03 Å². The van der Waals surface area contributed by atoms with Crippen molar-refractivity contribution in [1.82, 2.24) is 25.7 Å². The molecule has 1 aromatic carbocycles. The molecule has 3 N–H and O–H groups in total. The molecule has 0 spiro atoms. The fraction of sp³-hybridized carbons (Fsp3) is 0.474. The molecular weight excluding hydrogens is 330 g/mol. The molecule has 140 valence electrons. The maximum atomic E-state index is 12.1. The Balaban J connectivity index is 1.53. The van der Waals surface area contributed by atoms with E-state index in [1.165, 1.54) is 0 Å². The average Bonchev–Trinajstić information content (AvgIpc) is 3.18. The van der Waals surface area contributed by atoms with E-state index >= 15 is 0 Å². The van der Waals surface area contributed by atoms with E-state index in [0.717, 1.165) is 49.5 Å². The number of amides is 2. The molecule has 1 atom stereocenters. The zero-order valence-corrected chi connectivity index (χ0v) is 15.4. The maximum Gasteiger partial charge on any atom is 0.315 e. The van der Waals surface area contributed by atoms with E-state index in [-0.39, 0.29) is 12.1 Å². The van der Waals surface area contributed by atoms with Gasteiger partial charge in [0.15, 0.2) is 0 Å². The summed E-state index contributed by atoms with van der Waals surface area (Å²) in [7, 11) is 1.64. The van der Waals surface area contributed by atoms with Gasteiger partial charge in [-0.2, -0.15) is 5.10 Å². The molecule has 7 nitrogen and oxygen atoms in total. The first-order valence-corrected chi connectivity index (χ1v) is 9.10. The topological polar surface area (TPSA) is 80.2 Å². The van der Waals surface area contributed by atoms with Crippen molar-refractivity contribution in [3.05, 3.63) is 42.2 Å². The van der Waals surface area contributed by atoms with Crippen LogP contribution in [0.4, 0.5) is 4.79 Å². The predicted molar refractivity (Wildman–Crippen MR) is 101 cm³/mol. The SMILES string of the molecule is COc1cccc(-n2cc(C(C)NC(=O)NCC3CCNCC3)cn2)c1. The molecule has 7 heteroatoms. The van der Waals surface area contributed by atoms with Crippen LogP contribution >= 0.6 is 0 Å². The van der Waals surface area contributed by atoms with Crippen LogP contribution in [0.1, 0.15) is 31.4 Å². The minimum absolute atomic E-state index is 0.123. The number of nitrogens with zero attached hydrogens (tertiary/aromatic N) is 2. The summed E-state index contributed by atoms with van der Waals surface area (Å²) in [5.41, 5.74) is 1.86. The van der Waals surface area contributed by atoms with Crippen molar-refractivity contribution >= 4 is 6.03 Å². The summed E-state index contributed by atoms with van der Waals surface area (Å²) in [6.07, 6.45) is 5.93. The normalized spacial score (nSPS) is 16.1. The molecule has 2 aromatic rings. The van der Waals surface area contributed by atoms with E-state index < -0.39 is 0 Å². The molecule has 1 aliphatic heterocycles. The van der Waals surface area contributed by atoms with Crippen LogP contribution < -0.4 is 20.7 Å². The van der Waals surface area contributed by atoms with E-state index in [2.05, 4.69) is 21.0 Å². The number of benzene rings is 1. The Bertz CT molecular complexity index is 724. The number of hydrogen-bond donors (Lipinski definition) is 3. The van der Waals surface area contributed by atoms with E-state index in [4.69, 9.17) is 4.74 Å². The molecule has 2 heterocycles. The number of methoxy groups -OCH3 is 1. The second kappa shape index (κ2) is 8.71. The Morgan fingerprint density at radius 1 is 1.42 bits per heavy atom. The second-order valence-corrected chi connectivity index (χ2v) is 6.69. The highest BCUT2D eigenvalue weighted by Crippen LogP contribution is 2.18. The van der Waals surface area contributed by atoms with Crippen molar-refractivity contribution in [2.75, 3.05) is 26.7 Å². The molecule has 1 aliphatic rings. The molecule has 3 rings (SSSR count). The Morgan fingerprint density at radius 2 is 2.23 bits per heavy atom. The number of nitrogens with one attached hydrogen (secondary N) is 3. The lowest BCUT2D eigenvalue weighted by Crippen LogP contribution is -2.41. The molecule has 26 heavy (non-hydrogen) atoms. The summed E-state index contributed by atoms with van der Waals surface area (Å²) in [5, 5.41) is 13.7. The Hall–Kier alpha value is -2.54. The van der Waals surface area contributed by atoms with Gasteiger partial charge in [-0.3, -0.25) is 0 Å². The lowest BCUT2D eigenvalue weighted by molar-refractivity contribution is 0.234. The smallest absolute Gasteiger partial charge is 0.315 e. The largest absolute Gasteiger partial charge is 0.497 e. The third-order valence-corrected chi connectivity index (χ3v) is 4.78. The predicted octanol–water partition coefficient (Wildman–Crippen LogP) is 2.24. The van der Waals surface area contributed by atoms with E-state index in [1.807, 2.05) is 37.4 Å².